The van der Waals surface area contributed by atoms with Gasteiger partial charge in [0.1, 0.15) is 13.2 Å². The molecule has 0 aliphatic carbocycles. The molecule has 1 aromatic carbocycles. The Balaban J connectivity index is 2.88. The lowest BCUT2D eigenvalue weighted by atomic mass is 10.0. The largest absolute Gasteiger partial charge is 0.462 e. The first-order valence-corrected chi connectivity index (χ1v) is 8.45. The normalized spacial score (nSPS) is 10.8. The zero-order chi connectivity index (χ0) is 18.1. The van der Waals surface area contributed by atoms with Gasteiger partial charge in [-0.2, -0.15) is 0 Å². The number of carbonyl (C=O) groups is 2. The van der Waals surface area contributed by atoms with Crippen LogP contribution < -0.4 is 0 Å². The molecular weight excluding hydrogens is 306 g/mol. The van der Waals surface area contributed by atoms with Crippen LogP contribution in [-0.4, -0.2) is 49.7 Å². The maximum Gasteiger partial charge on any atom is 0.325 e. The fraction of sp³-hybridized carbons (Fsp3) is 0.579. The number of hydrogen-bond acceptors (Lipinski definition) is 4. The fourth-order valence-corrected chi connectivity index (χ4v) is 2.50. The van der Waals surface area contributed by atoms with Crippen LogP contribution in [0.2, 0.25) is 0 Å². The van der Waals surface area contributed by atoms with Gasteiger partial charge in [0.25, 0.3) is 5.91 Å². The summed E-state index contributed by atoms with van der Waals surface area (Å²) in [7, 11) is 1.55. The Hall–Kier alpha value is -1.88. The summed E-state index contributed by atoms with van der Waals surface area (Å²) in [6.07, 6.45) is 1.96. The number of methoxy groups -OCH3 is 1. The summed E-state index contributed by atoms with van der Waals surface area (Å²) in [5, 5.41) is 0. The van der Waals surface area contributed by atoms with Crippen LogP contribution in [0.15, 0.2) is 18.2 Å². The lowest BCUT2D eigenvalue weighted by Crippen LogP contribution is -2.41. The van der Waals surface area contributed by atoms with E-state index in [0.717, 1.165) is 24.0 Å². The van der Waals surface area contributed by atoms with Gasteiger partial charge in [0, 0.05) is 18.7 Å². The number of rotatable bonds is 9. The second-order valence-electron chi connectivity index (χ2n) is 6.20. The SMILES string of the molecule is CCCc1cc(C)cc(C(=O)N(CC(=O)OCCOC)C(C)C)c1. The minimum atomic E-state index is -0.421. The van der Waals surface area contributed by atoms with Gasteiger partial charge in [-0.25, -0.2) is 0 Å². The van der Waals surface area contributed by atoms with Crippen molar-refractivity contribution in [2.24, 2.45) is 0 Å². The zero-order valence-corrected chi connectivity index (χ0v) is 15.4. The summed E-state index contributed by atoms with van der Waals surface area (Å²) >= 11 is 0. The van der Waals surface area contributed by atoms with Crippen molar-refractivity contribution in [3.05, 3.63) is 34.9 Å². The smallest absolute Gasteiger partial charge is 0.325 e. The average molecular weight is 335 g/mol. The Kier molecular flexibility index (Phi) is 8.47. The quantitative estimate of drug-likeness (QED) is 0.514. The molecule has 0 fully saturated rings. The molecule has 1 rings (SSSR count). The molecular formula is C19H29NO4. The van der Waals surface area contributed by atoms with Gasteiger partial charge in [-0.15, -0.1) is 0 Å². The maximum absolute atomic E-state index is 12.9. The van der Waals surface area contributed by atoms with Crippen molar-refractivity contribution in [1.29, 1.82) is 0 Å². The van der Waals surface area contributed by atoms with Gasteiger partial charge in [0.05, 0.1) is 6.61 Å². The summed E-state index contributed by atoms with van der Waals surface area (Å²) < 4.78 is 9.93. The molecule has 0 saturated carbocycles. The first-order chi connectivity index (χ1) is 11.4. The van der Waals surface area contributed by atoms with E-state index in [-0.39, 0.29) is 25.1 Å². The highest BCUT2D eigenvalue weighted by Crippen LogP contribution is 2.15. The summed E-state index contributed by atoms with van der Waals surface area (Å²) in [6.45, 7) is 8.36. The Bertz CT molecular complexity index is 554. The third-order valence-corrected chi connectivity index (χ3v) is 3.66. The molecule has 0 spiro atoms. The van der Waals surface area contributed by atoms with Gasteiger partial charge in [0.2, 0.25) is 0 Å². The average Bonchev–Trinajstić information content (AvgIpc) is 2.51. The van der Waals surface area contributed by atoms with E-state index in [4.69, 9.17) is 9.47 Å². The molecule has 0 bridgehead atoms. The number of aryl methyl sites for hydroxylation is 2. The highest BCUT2D eigenvalue weighted by molar-refractivity contribution is 5.96. The van der Waals surface area contributed by atoms with Gasteiger partial charge in [-0.1, -0.05) is 25.0 Å². The van der Waals surface area contributed by atoms with Crippen molar-refractivity contribution in [3.8, 4) is 0 Å². The molecule has 0 saturated heterocycles. The summed E-state index contributed by atoms with van der Waals surface area (Å²) in [5.74, 6) is -0.565. The van der Waals surface area contributed by atoms with Crippen LogP contribution >= 0.6 is 0 Å². The molecule has 0 unspecified atom stereocenters. The van der Waals surface area contributed by atoms with Crippen LogP contribution in [0.3, 0.4) is 0 Å². The number of amides is 1. The standard InChI is InChI=1S/C19H29NO4/c1-6-7-16-10-15(4)11-17(12-16)19(22)20(14(2)3)13-18(21)24-9-8-23-5/h10-12,14H,6-9,13H2,1-5H3. The third kappa shape index (κ3) is 6.32. The van der Waals surface area contributed by atoms with Crippen LogP contribution in [0, 0.1) is 6.92 Å². The van der Waals surface area contributed by atoms with Crippen molar-refractivity contribution in [3.63, 3.8) is 0 Å². The van der Waals surface area contributed by atoms with E-state index in [9.17, 15) is 9.59 Å². The molecule has 1 aromatic rings. The minimum Gasteiger partial charge on any atom is -0.462 e. The molecule has 0 radical (unpaired) electrons. The molecule has 0 aliphatic heterocycles. The molecule has 0 heterocycles. The van der Waals surface area contributed by atoms with Crippen molar-refractivity contribution >= 4 is 11.9 Å². The molecule has 5 heteroatoms. The van der Waals surface area contributed by atoms with Crippen molar-refractivity contribution in [2.75, 3.05) is 26.9 Å². The number of esters is 1. The van der Waals surface area contributed by atoms with Gasteiger partial charge < -0.3 is 14.4 Å². The van der Waals surface area contributed by atoms with E-state index in [1.807, 2.05) is 32.9 Å². The predicted molar refractivity (Wildman–Crippen MR) is 94.2 cm³/mol. The number of hydrogen-bond donors (Lipinski definition) is 0. The second-order valence-corrected chi connectivity index (χ2v) is 6.20. The highest BCUT2D eigenvalue weighted by Gasteiger charge is 2.22. The Morgan fingerprint density at radius 3 is 2.46 bits per heavy atom. The Morgan fingerprint density at radius 2 is 1.88 bits per heavy atom. The molecule has 134 valence electrons. The monoisotopic (exact) mass is 335 g/mol. The van der Waals surface area contributed by atoms with Crippen molar-refractivity contribution in [1.82, 2.24) is 4.90 Å². The predicted octanol–water partition coefficient (Wildman–Crippen LogP) is 2.99. The Morgan fingerprint density at radius 1 is 1.17 bits per heavy atom. The van der Waals surface area contributed by atoms with Crippen LogP contribution in [0.4, 0.5) is 0 Å². The van der Waals surface area contributed by atoms with E-state index in [1.165, 1.54) is 0 Å². The van der Waals surface area contributed by atoms with Gasteiger partial charge in [-0.3, -0.25) is 9.59 Å². The summed E-state index contributed by atoms with van der Waals surface area (Å²) in [4.78, 5) is 26.3. The van der Waals surface area contributed by atoms with Gasteiger partial charge in [0.15, 0.2) is 0 Å². The number of ether oxygens (including phenoxy) is 2. The third-order valence-electron chi connectivity index (χ3n) is 3.66. The number of benzene rings is 1. The van der Waals surface area contributed by atoms with Crippen LogP contribution in [0.5, 0.6) is 0 Å². The zero-order valence-electron chi connectivity index (χ0n) is 15.4. The topological polar surface area (TPSA) is 55.8 Å². The molecule has 0 aromatic heterocycles. The minimum absolute atomic E-state index is 0.0583. The summed E-state index contributed by atoms with van der Waals surface area (Å²) in [5.41, 5.74) is 2.82. The Labute approximate surface area is 144 Å². The maximum atomic E-state index is 12.9. The van der Waals surface area contributed by atoms with E-state index in [0.29, 0.717) is 12.2 Å². The highest BCUT2D eigenvalue weighted by atomic mass is 16.6. The van der Waals surface area contributed by atoms with E-state index in [2.05, 4.69) is 13.0 Å². The van der Waals surface area contributed by atoms with Gasteiger partial charge in [-0.05, 0) is 44.9 Å². The second kappa shape index (κ2) is 10.1. The first-order valence-electron chi connectivity index (χ1n) is 8.45. The first kappa shape index (κ1) is 20.2. The molecule has 0 N–H and O–H groups in total. The lowest BCUT2D eigenvalue weighted by Gasteiger charge is -2.26. The van der Waals surface area contributed by atoms with E-state index >= 15 is 0 Å². The lowest BCUT2D eigenvalue weighted by molar-refractivity contribution is -0.146. The van der Waals surface area contributed by atoms with Crippen LogP contribution in [0.25, 0.3) is 0 Å². The van der Waals surface area contributed by atoms with E-state index < -0.39 is 5.97 Å². The van der Waals surface area contributed by atoms with Crippen LogP contribution in [0.1, 0.15) is 48.7 Å². The van der Waals surface area contributed by atoms with Gasteiger partial charge >= 0.3 is 5.97 Å². The fourth-order valence-electron chi connectivity index (χ4n) is 2.50. The molecule has 1 amide bonds. The molecule has 24 heavy (non-hydrogen) atoms. The van der Waals surface area contributed by atoms with E-state index in [1.54, 1.807) is 12.0 Å². The number of nitrogens with zero attached hydrogens (tertiary/aromatic N) is 1. The van der Waals surface area contributed by atoms with Crippen LogP contribution in [-0.2, 0) is 20.7 Å². The molecule has 0 atom stereocenters. The van der Waals surface area contributed by atoms with Crippen molar-refractivity contribution < 1.29 is 19.1 Å². The molecule has 0 aliphatic rings. The van der Waals surface area contributed by atoms with Crippen molar-refractivity contribution in [2.45, 2.75) is 46.6 Å². The molecule has 5 nitrogen and oxygen atoms in total. The number of carbonyl (C=O) groups excluding carboxylic acids is 2. The summed E-state index contributed by atoms with van der Waals surface area (Å²) in [6, 6.07) is 5.79.